The zero-order chi connectivity index (χ0) is 14.3. The second kappa shape index (κ2) is 4.94. The van der Waals surface area contributed by atoms with Crippen molar-refractivity contribution >= 4 is 17.0 Å². The zero-order valence-corrected chi connectivity index (χ0v) is 11.6. The minimum atomic E-state index is -0.429. The number of imidazole rings is 1. The fourth-order valence-electron chi connectivity index (χ4n) is 2.74. The number of ether oxygens (including phenoxy) is 2. The third kappa shape index (κ3) is 2.10. The third-order valence-electron chi connectivity index (χ3n) is 4.00. The first-order valence-corrected chi connectivity index (χ1v) is 6.71. The van der Waals surface area contributed by atoms with E-state index in [1.165, 1.54) is 13.2 Å². The molecule has 0 radical (unpaired) electrons. The molecular weight excluding hydrogens is 261 g/mol. The summed E-state index contributed by atoms with van der Waals surface area (Å²) < 4.78 is 26.2. The lowest BCUT2D eigenvalue weighted by atomic mass is 10.0. The monoisotopic (exact) mass is 279 g/mol. The summed E-state index contributed by atoms with van der Waals surface area (Å²) in [6, 6.07) is 3.00. The highest BCUT2D eigenvalue weighted by Crippen LogP contribution is 2.29. The van der Waals surface area contributed by atoms with Gasteiger partial charge < -0.3 is 19.8 Å². The molecule has 1 aromatic heterocycles. The largest absolute Gasteiger partial charge is 0.494 e. The Kier molecular flexibility index (Phi) is 3.25. The number of rotatable bonds is 3. The first-order chi connectivity index (χ1) is 9.60. The summed E-state index contributed by atoms with van der Waals surface area (Å²) in [6.07, 6.45) is 1.20. The molecule has 1 aliphatic heterocycles. The summed E-state index contributed by atoms with van der Waals surface area (Å²) in [5, 5.41) is 0. The second-order valence-electron chi connectivity index (χ2n) is 5.18. The lowest BCUT2D eigenvalue weighted by Crippen LogP contribution is -2.19. The molecule has 0 spiro atoms. The van der Waals surface area contributed by atoms with Crippen molar-refractivity contribution in [3.8, 4) is 5.75 Å². The molecule has 2 unspecified atom stereocenters. The fraction of sp³-hybridized carbons (Fsp3) is 0.500. The van der Waals surface area contributed by atoms with E-state index in [2.05, 4.69) is 11.9 Å². The van der Waals surface area contributed by atoms with Crippen molar-refractivity contribution in [1.29, 1.82) is 0 Å². The number of aromatic nitrogens is 2. The average Bonchev–Trinajstić information content (AvgIpc) is 2.94. The Morgan fingerprint density at radius 1 is 1.55 bits per heavy atom. The summed E-state index contributed by atoms with van der Waals surface area (Å²) >= 11 is 0. The number of fused-ring (bicyclic) bond motifs is 1. The molecule has 108 valence electrons. The van der Waals surface area contributed by atoms with E-state index >= 15 is 0 Å². The normalized spacial score (nSPS) is 22.6. The maximum atomic E-state index is 13.7. The molecule has 3 rings (SSSR count). The number of halogens is 1. The number of hydrogen-bond donors (Lipinski definition) is 1. The van der Waals surface area contributed by atoms with Crippen LogP contribution >= 0.6 is 0 Å². The third-order valence-corrected chi connectivity index (χ3v) is 4.00. The van der Waals surface area contributed by atoms with Crippen LogP contribution in [0.5, 0.6) is 5.75 Å². The van der Waals surface area contributed by atoms with Gasteiger partial charge in [-0.2, -0.15) is 0 Å². The molecule has 1 saturated heterocycles. The summed E-state index contributed by atoms with van der Waals surface area (Å²) in [6.45, 7) is 3.56. The Morgan fingerprint density at radius 2 is 2.35 bits per heavy atom. The molecule has 1 aromatic carbocycles. The van der Waals surface area contributed by atoms with Crippen LogP contribution in [0.3, 0.4) is 0 Å². The van der Waals surface area contributed by atoms with Gasteiger partial charge in [0.2, 0.25) is 5.95 Å². The molecule has 0 saturated carbocycles. The molecule has 20 heavy (non-hydrogen) atoms. The lowest BCUT2D eigenvalue weighted by molar-refractivity contribution is 0.102. The topological polar surface area (TPSA) is 62.3 Å². The average molecular weight is 279 g/mol. The van der Waals surface area contributed by atoms with Crippen molar-refractivity contribution in [3.05, 3.63) is 17.9 Å². The van der Waals surface area contributed by atoms with Gasteiger partial charge in [-0.05, 0) is 13.3 Å². The summed E-state index contributed by atoms with van der Waals surface area (Å²) in [5.74, 6) is 0.564. The smallest absolute Gasteiger partial charge is 0.201 e. The van der Waals surface area contributed by atoms with E-state index in [0.29, 0.717) is 17.4 Å². The van der Waals surface area contributed by atoms with Gasteiger partial charge in [-0.1, -0.05) is 0 Å². The Bertz CT molecular complexity index is 641. The number of hydrogen-bond acceptors (Lipinski definition) is 4. The maximum Gasteiger partial charge on any atom is 0.201 e. The zero-order valence-electron chi connectivity index (χ0n) is 11.6. The van der Waals surface area contributed by atoms with Crippen molar-refractivity contribution in [1.82, 2.24) is 9.55 Å². The van der Waals surface area contributed by atoms with E-state index < -0.39 is 5.82 Å². The molecule has 5 nitrogen and oxygen atoms in total. The predicted molar refractivity (Wildman–Crippen MR) is 74.2 cm³/mol. The second-order valence-corrected chi connectivity index (χ2v) is 5.18. The Labute approximate surface area is 116 Å². The maximum absolute atomic E-state index is 13.7. The molecule has 0 aliphatic carbocycles. The van der Waals surface area contributed by atoms with Gasteiger partial charge in [-0.25, -0.2) is 9.37 Å². The molecule has 2 N–H and O–H groups in total. The van der Waals surface area contributed by atoms with Gasteiger partial charge in [0.15, 0.2) is 11.6 Å². The predicted octanol–water partition coefficient (Wildman–Crippen LogP) is 2.19. The van der Waals surface area contributed by atoms with Gasteiger partial charge in [0.1, 0.15) is 0 Å². The minimum Gasteiger partial charge on any atom is -0.494 e. The highest BCUT2D eigenvalue weighted by Gasteiger charge is 2.26. The number of nitrogen functional groups attached to an aromatic ring is 1. The van der Waals surface area contributed by atoms with E-state index in [4.69, 9.17) is 15.2 Å². The van der Waals surface area contributed by atoms with Gasteiger partial charge >= 0.3 is 0 Å². The number of nitrogens with zero attached hydrogens (tertiary/aromatic N) is 2. The molecule has 0 amide bonds. The van der Waals surface area contributed by atoms with Gasteiger partial charge in [-0.15, -0.1) is 0 Å². The Balaban J connectivity index is 2.03. The SMILES string of the molecule is COc1cc2c(cc1F)nc(N)n2CC1CCOC1C. The molecule has 0 bridgehead atoms. The molecule has 2 atom stereocenters. The summed E-state index contributed by atoms with van der Waals surface area (Å²) in [5.41, 5.74) is 7.31. The van der Waals surface area contributed by atoms with Crippen LogP contribution in [0, 0.1) is 11.7 Å². The molecule has 1 aliphatic rings. The quantitative estimate of drug-likeness (QED) is 0.935. The van der Waals surface area contributed by atoms with Crippen molar-refractivity contribution in [2.45, 2.75) is 26.0 Å². The standard InChI is InChI=1S/C14H18FN3O2/c1-8-9(3-4-20-8)7-18-12-6-13(19-2)10(15)5-11(12)17-14(18)16/h5-6,8-9H,3-4,7H2,1-2H3,(H2,16,17). The van der Waals surface area contributed by atoms with Gasteiger partial charge in [-0.3, -0.25) is 0 Å². The van der Waals surface area contributed by atoms with Crippen LogP contribution in [0.4, 0.5) is 10.3 Å². The highest BCUT2D eigenvalue weighted by atomic mass is 19.1. The molecular formula is C14H18FN3O2. The Morgan fingerprint density at radius 3 is 3.00 bits per heavy atom. The van der Waals surface area contributed by atoms with Crippen molar-refractivity contribution in [3.63, 3.8) is 0 Å². The van der Waals surface area contributed by atoms with E-state index in [1.807, 2.05) is 4.57 Å². The van der Waals surface area contributed by atoms with Gasteiger partial charge in [0.25, 0.3) is 0 Å². The van der Waals surface area contributed by atoms with Crippen molar-refractivity contribution < 1.29 is 13.9 Å². The first kappa shape index (κ1) is 13.2. The Hall–Kier alpha value is -1.82. The van der Waals surface area contributed by atoms with Crippen LogP contribution in [0.1, 0.15) is 13.3 Å². The van der Waals surface area contributed by atoms with Crippen molar-refractivity contribution in [2.75, 3.05) is 19.5 Å². The van der Waals surface area contributed by atoms with Crippen LogP contribution in [0.2, 0.25) is 0 Å². The van der Waals surface area contributed by atoms with E-state index in [1.54, 1.807) is 6.07 Å². The van der Waals surface area contributed by atoms with E-state index in [-0.39, 0.29) is 11.9 Å². The summed E-state index contributed by atoms with van der Waals surface area (Å²) in [7, 11) is 1.45. The molecule has 2 aromatic rings. The van der Waals surface area contributed by atoms with Crippen LogP contribution < -0.4 is 10.5 Å². The molecule has 6 heteroatoms. The van der Waals surface area contributed by atoms with E-state index in [0.717, 1.165) is 25.1 Å². The number of benzene rings is 1. The van der Waals surface area contributed by atoms with Crippen molar-refractivity contribution in [2.24, 2.45) is 5.92 Å². The minimum absolute atomic E-state index is 0.203. The number of anilines is 1. The number of methoxy groups -OCH3 is 1. The number of nitrogens with two attached hydrogens (primary N) is 1. The van der Waals surface area contributed by atoms with Crippen LogP contribution in [-0.4, -0.2) is 29.4 Å². The first-order valence-electron chi connectivity index (χ1n) is 6.71. The fourth-order valence-corrected chi connectivity index (χ4v) is 2.74. The molecule has 1 fully saturated rings. The lowest BCUT2D eigenvalue weighted by Gasteiger charge is -2.16. The van der Waals surface area contributed by atoms with Gasteiger partial charge in [0, 0.05) is 31.2 Å². The van der Waals surface area contributed by atoms with Crippen LogP contribution in [-0.2, 0) is 11.3 Å². The highest BCUT2D eigenvalue weighted by molar-refractivity contribution is 5.80. The van der Waals surface area contributed by atoms with Crippen LogP contribution in [0.25, 0.3) is 11.0 Å². The van der Waals surface area contributed by atoms with E-state index in [9.17, 15) is 4.39 Å². The molecule has 2 heterocycles. The van der Waals surface area contributed by atoms with Crippen LogP contribution in [0.15, 0.2) is 12.1 Å². The van der Waals surface area contributed by atoms with Gasteiger partial charge in [0.05, 0.1) is 24.2 Å². The summed E-state index contributed by atoms with van der Waals surface area (Å²) in [4.78, 5) is 4.22.